The van der Waals surface area contributed by atoms with Crippen molar-refractivity contribution in [2.45, 2.75) is 29.9 Å². The summed E-state index contributed by atoms with van der Waals surface area (Å²) in [6.45, 7) is -2.32. The maximum absolute atomic E-state index is 12.4. The first-order valence-corrected chi connectivity index (χ1v) is 9.23. The molecule has 2 atom stereocenters. The number of benzene rings is 1. The molecule has 146 valence electrons. The van der Waals surface area contributed by atoms with Gasteiger partial charge < -0.3 is 15.0 Å². The van der Waals surface area contributed by atoms with Gasteiger partial charge in [-0.2, -0.15) is 13.2 Å². The minimum atomic E-state index is -4.54. The van der Waals surface area contributed by atoms with E-state index in [0.717, 1.165) is 5.56 Å². The zero-order chi connectivity index (χ0) is 19.7. The van der Waals surface area contributed by atoms with Gasteiger partial charge in [-0.3, -0.25) is 9.59 Å². The van der Waals surface area contributed by atoms with Gasteiger partial charge in [0.25, 0.3) is 5.91 Å². The first-order valence-electron chi connectivity index (χ1n) is 8.25. The molecule has 1 aromatic carbocycles. The summed E-state index contributed by atoms with van der Waals surface area (Å²) < 4.78 is 41.1. The second kappa shape index (κ2) is 7.41. The van der Waals surface area contributed by atoms with Crippen LogP contribution in [0.5, 0.6) is 0 Å². The average Bonchev–Trinajstić information content (AvgIpc) is 3.17. The summed E-state index contributed by atoms with van der Waals surface area (Å²) in [6.07, 6.45) is -3.70. The van der Waals surface area contributed by atoms with Crippen LogP contribution in [-0.2, 0) is 24.0 Å². The molecular weight excluding hydrogens is 385 g/mol. The molecular formula is C17H17F3N2O4S. The lowest BCUT2D eigenvalue weighted by molar-refractivity contribution is -0.157. The number of rotatable bonds is 5. The topological polar surface area (TPSA) is 75.7 Å². The van der Waals surface area contributed by atoms with Crippen molar-refractivity contribution in [1.29, 1.82) is 0 Å². The molecule has 0 bridgehead atoms. The van der Waals surface area contributed by atoms with E-state index in [1.165, 1.54) is 16.7 Å². The first kappa shape index (κ1) is 19.5. The highest BCUT2D eigenvalue weighted by Crippen LogP contribution is 2.54. The highest BCUT2D eigenvalue weighted by molar-refractivity contribution is 8.00. The molecule has 0 radical (unpaired) electrons. The van der Waals surface area contributed by atoms with Crippen molar-refractivity contribution in [1.82, 2.24) is 10.2 Å². The summed E-state index contributed by atoms with van der Waals surface area (Å²) >= 11 is 1.46. The molecule has 2 fully saturated rings. The quantitative estimate of drug-likeness (QED) is 0.761. The molecule has 0 aliphatic carbocycles. The number of alkyl halides is 3. The van der Waals surface area contributed by atoms with E-state index < -0.39 is 42.1 Å². The number of nitrogens with one attached hydrogen (secondary N) is 1. The standard InChI is InChI=1S/C17H17F3N2O4S/c18-17(19,20)10-21-13(23)8-26-15(25)12-9-27-16(7-6-14(24)22(12)16)11-4-2-1-3-5-11/h1-5,12H,6-10H2,(H,21,23)/t12-,16+/m0/s1. The lowest BCUT2D eigenvalue weighted by atomic mass is 10.0. The molecule has 27 heavy (non-hydrogen) atoms. The predicted molar refractivity (Wildman–Crippen MR) is 90.5 cm³/mol. The van der Waals surface area contributed by atoms with Gasteiger partial charge in [0.2, 0.25) is 5.91 Å². The van der Waals surface area contributed by atoms with Crippen LogP contribution in [0.25, 0.3) is 0 Å². The molecule has 1 N–H and O–H groups in total. The van der Waals surface area contributed by atoms with Gasteiger partial charge in [-0.05, 0) is 12.0 Å². The van der Waals surface area contributed by atoms with Gasteiger partial charge in [0.05, 0.1) is 0 Å². The number of fused-ring (bicyclic) bond motifs is 1. The van der Waals surface area contributed by atoms with Crippen molar-refractivity contribution in [2.24, 2.45) is 0 Å². The van der Waals surface area contributed by atoms with Crippen LogP contribution in [0, 0.1) is 0 Å². The fourth-order valence-electron chi connectivity index (χ4n) is 3.30. The zero-order valence-electron chi connectivity index (χ0n) is 14.1. The Bertz CT molecular complexity index is 743. The Morgan fingerprint density at radius 1 is 1.30 bits per heavy atom. The number of hydrogen-bond acceptors (Lipinski definition) is 5. The maximum atomic E-state index is 12.4. The summed E-state index contributed by atoms with van der Waals surface area (Å²) in [6, 6.07) is 8.45. The fourth-order valence-corrected chi connectivity index (χ4v) is 4.93. The molecule has 2 aliphatic heterocycles. The molecule has 3 rings (SSSR count). The van der Waals surface area contributed by atoms with Crippen LogP contribution in [0.15, 0.2) is 30.3 Å². The van der Waals surface area contributed by atoms with Gasteiger partial charge in [-0.15, -0.1) is 11.8 Å². The highest BCUT2D eigenvalue weighted by Gasteiger charge is 2.57. The van der Waals surface area contributed by atoms with Crippen LogP contribution in [0.1, 0.15) is 18.4 Å². The number of ether oxygens (including phenoxy) is 1. The van der Waals surface area contributed by atoms with E-state index in [2.05, 4.69) is 0 Å². The molecule has 2 heterocycles. The molecule has 10 heteroatoms. The van der Waals surface area contributed by atoms with E-state index in [1.54, 1.807) is 5.32 Å². The number of carbonyl (C=O) groups is 3. The molecule has 0 unspecified atom stereocenters. The minimum absolute atomic E-state index is 0.188. The Balaban J connectivity index is 1.65. The summed E-state index contributed by atoms with van der Waals surface area (Å²) in [5.74, 6) is -1.73. The van der Waals surface area contributed by atoms with Crippen molar-refractivity contribution < 1.29 is 32.3 Å². The smallest absolute Gasteiger partial charge is 0.405 e. The van der Waals surface area contributed by atoms with Gasteiger partial charge in [-0.1, -0.05) is 30.3 Å². The van der Waals surface area contributed by atoms with Gasteiger partial charge >= 0.3 is 12.1 Å². The van der Waals surface area contributed by atoms with E-state index in [1.807, 2.05) is 30.3 Å². The summed E-state index contributed by atoms with van der Waals surface area (Å²) in [7, 11) is 0. The third-order valence-electron chi connectivity index (χ3n) is 4.46. The van der Waals surface area contributed by atoms with Crippen molar-refractivity contribution in [2.75, 3.05) is 18.9 Å². The van der Waals surface area contributed by atoms with E-state index in [9.17, 15) is 27.6 Å². The third-order valence-corrected chi connectivity index (χ3v) is 6.05. The van der Waals surface area contributed by atoms with Gasteiger partial charge in [0.1, 0.15) is 17.5 Å². The lowest BCUT2D eigenvalue weighted by Crippen LogP contribution is -2.47. The van der Waals surface area contributed by atoms with Crippen molar-refractivity contribution in [3.63, 3.8) is 0 Å². The molecule has 2 saturated heterocycles. The predicted octanol–water partition coefficient (Wildman–Crippen LogP) is 1.80. The van der Waals surface area contributed by atoms with Crippen LogP contribution in [-0.4, -0.2) is 53.8 Å². The number of hydrogen-bond donors (Lipinski definition) is 1. The molecule has 2 amide bonds. The van der Waals surface area contributed by atoms with E-state index >= 15 is 0 Å². The Kier molecular flexibility index (Phi) is 5.36. The first-order chi connectivity index (χ1) is 12.7. The average molecular weight is 402 g/mol. The van der Waals surface area contributed by atoms with Crippen molar-refractivity contribution >= 4 is 29.5 Å². The van der Waals surface area contributed by atoms with E-state index in [4.69, 9.17) is 4.74 Å². The molecule has 0 aromatic heterocycles. The number of thioether (sulfide) groups is 1. The van der Waals surface area contributed by atoms with Crippen LogP contribution in [0.2, 0.25) is 0 Å². The number of nitrogens with zero attached hydrogens (tertiary/aromatic N) is 1. The van der Waals surface area contributed by atoms with Gasteiger partial charge in [-0.25, -0.2) is 4.79 Å². The van der Waals surface area contributed by atoms with Gasteiger partial charge in [0, 0.05) is 12.2 Å². The van der Waals surface area contributed by atoms with Crippen LogP contribution in [0.3, 0.4) is 0 Å². The summed E-state index contributed by atoms with van der Waals surface area (Å²) in [5, 5.41) is 1.63. The normalized spacial score (nSPS) is 24.6. The largest absolute Gasteiger partial charge is 0.454 e. The number of esters is 1. The summed E-state index contributed by atoms with van der Waals surface area (Å²) in [4.78, 5) is 37.0. The highest BCUT2D eigenvalue weighted by atomic mass is 32.2. The molecule has 0 saturated carbocycles. The Labute approximate surface area is 157 Å². The fraction of sp³-hybridized carbons (Fsp3) is 0.471. The molecule has 0 spiro atoms. The molecule has 2 aliphatic rings. The Morgan fingerprint density at radius 3 is 2.67 bits per heavy atom. The number of amides is 2. The second-order valence-corrected chi connectivity index (χ2v) is 7.54. The maximum Gasteiger partial charge on any atom is 0.405 e. The molecule has 6 nitrogen and oxygen atoms in total. The minimum Gasteiger partial charge on any atom is -0.454 e. The summed E-state index contributed by atoms with van der Waals surface area (Å²) in [5.41, 5.74) is 0.902. The van der Waals surface area contributed by atoms with Crippen molar-refractivity contribution in [3.8, 4) is 0 Å². The monoisotopic (exact) mass is 402 g/mol. The third kappa shape index (κ3) is 4.05. The van der Waals surface area contributed by atoms with Crippen LogP contribution in [0.4, 0.5) is 13.2 Å². The zero-order valence-corrected chi connectivity index (χ0v) is 14.9. The van der Waals surface area contributed by atoms with E-state index in [-0.39, 0.29) is 12.3 Å². The van der Waals surface area contributed by atoms with E-state index in [0.29, 0.717) is 12.2 Å². The number of halogens is 3. The Morgan fingerprint density at radius 2 is 2.00 bits per heavy atom. The lowest BCUT2D eigenvalue weighted by Gasteiger charge is -2.33. The second-order valence-electron chi connectivity index (χ2n) is 6.24. The number of carbonyl (C=O) groups excluding carboxylic acids is 3. The van der Waals surface area contributed by atoms with Gasteiger partial charge in [0.15, 0.2) is 6.61 Å². The van der Waals surface area contributed by atoms with Crippen molar-refractivity contribution in [3.05, 3.63) is 35.9 Å². The van der Waals surface area contributed by atoms with Crippen LogP contribution < -0.4 is 5.32 Å². The van der Waals surface area contributed by atoms with Crippen LogP contribution >= 0.6 is 11.8 Å². The molecule has 1 aromatic rings. The Hall–Kier alpha value is -2.23. The SMILES string of the molecule is O=C(COC(=O)[C@@H]1CS[C@@]2(c3ccccc3)CCC(=O)N12)NCC(F)(F)F.